The average molecular weight is 423 g/mol. The third kappa shape index (κ3) is 3.61. The van der Waals surface area contributed by atoms with E-state index in [1.807, 2.05) is 48.5 Å². The van der Waals surface area contributed by atoms with Crippen LogP contribution in [-0.4, -0.2) is 21.2 Å². The third-order valence-electron chi connectivity index (χ3n) is 4.02. The Morgan fingerprint density at radius 1 is 1.04 bits per heavy atom. The number of nitrogens with two attached hydrogens (primary N) is 1. The van der Waals surface area contributed by atoms with Gasteiger partial charge in [0.25, 0.3) is 0 Å². The highest BCUT2D eigenvalue weighted by Gasteiger charge is 2.10. The fraction of sp³-hybridized carbons (Fsp3) is 0. The molecule has 0 unspecified atom stereocenters. The predicted molar refractivity (Wildman–Crippen MR) is 111 cm³/mol. The second-order valence-electron chi connectivity index (χ2n) is 5.86. The van der Waals surface area contributed by atoms with E-state index in [1.165, 1.54) is 0 Å². The number of benzene rings is 2. The molecule has 134 valence electrons. The van der Waals surface area contributed by atoms with Gasteiger partial charge in [0.05, 0.1) is 5.52 Å². The van der Waals surface area contributed by atoms with E-state index < -0.39 is 0 Å². The molecule has 0 saturated heterocycles. The van der Waals surface area contributed by atoms with Gasteiger partial charge < -0.3 is 11.1 Å². The number of hydrogen-bond donors (Lipinski definition) is 4. The van der Waals surface area contributed by atoms with Gasteiger partial charge in [0.1, 0.15) is 5.82 Å². The number of aromatic nitrogens is 3. The molecule has 4 aromatic rings. The predicted octanol–water partition coefficient (Wildman–Crippen LogP) is 4.61. The fourth-order valence-electron chi connectivity index (χ4n) is 2.74. The molecule has 2 amide bonds. The minimum Gasteiger partial charge on any atom is -0.382 e. The molecular weight excluding hydrogens is 408 g/mol. The summed E-state index contributed by atoms with van der Waals surface area (Å²) in [6.07, 6.45) is 1.64. The number of nitrogen functional groups attached to an aromatic ring is 1. The van der Waals surface area contributed by atoms with Crippen LogP contribution in [0.15, 0.2) is 65.3 Å². The van der Waals surface area contributed by atoms with Gasteiger partial charge in [0.15, 0.2) is 5.82 Å². The molecule has 0 aliphatic heterocycles. The lowest BCUT2D eigenvalue weighted by Gasteiger charge is -2.09. The van der Waals surface area contributed by atoms with Crippen molar-refractivity contribution in [3.05, 3.63) is 65.3 Å². The van der Waals surface area contributed by atoms with Crippen molar-refractivity contribution in [1.29, 1.82) is 0 Å². The van der Waals surface area contributed by atoms with Crippen LogP contribution in [0.4, 0.5) is 22.1 Å². The number of carbonyl (C=O) groups is 1. The lowest BCUT2D eigenvalue weighted by Crippen LogP contribution is -2.19. The smallest absolute Gasteiger partial charge is 0.324 e. The van der Waals surface area contributed by atoms with Gasteiger partial charge in [-0.2, -0.15) is 5.10 Å². The number of aromatic amines is 1. The number of pyridine rings is 1. The number of nitrogens with one attached hydrogen (secondary N) is 3. The van der Waals surface area contributed by atoms with Crippen molar-refractivity contribution < 1.29 is 4.79 Å². The third-order valence-corrected chi connectivity index (χ3v) is 4.65. The second-order valence-corrected chi connectivity index (χ2v) is 6.72. The molecule has 27 heavy (non-hydrogen) atoms. The average Bonchev–Trinajstić information content (AvgIpc) is 3.04. The van der Waals surface area contributed by atoms with E-state index in [1.54, 1.807) is 12.3 Å². The molecule has 0 aliphatic carbocycles. The standard InChI is InChI=1S/C19H15BrN6O/c20-15-9-12(8-14-17(15)25-26-18(14)21)11-6-7-22-16(10-11)24-19(27)23-13-4-2-1-3-5-13/h1-10H,(H3,21,25,26)(H2,22,23,24,27). The normalized spacial score (nSPS) is 10.7. The molecule has 2 aromatic carbocycles. The quantitative estimate of drug-likeness (QED) is 0.386. The van der Waals surface area contributed by atoms with E-state index in [-0.39, 0.29) is 6.03 Å². The summed E-state index contributed by atoms with van der Waals surface area (Å²) in [5, 5.41) is 13.3. The van der Waals surface area contributed by atoms with Crippen molar-refractivity contribution in [3.63, 3.8) is 0 Å². The maximum atomic E-state index is 12.2. The van der Waals surface area contributed by atoms with Crippen LogP contribution in [0.3, 0.4) is 0 Å². The van der Waals surface area contributed by atoms with E-state index in [4.69, 9.17) is 5.73 Å². The zero-order chi connectivity index (χ0) is 18.8. The molecule has 0 atom stereocenters. The van der Waals surface area contributed by atoms with Crippen molar-refractivity contribution in [2.45, 2.75) is 0 Å². The number of amides is 2. The van der Waals surface area contributed by atoms with Gasteiger partial charge in [0.2, 0.25) is 0 Å². The van der Waals surface area contributed by atoms with E-state index >= 15 is 0 Å². The molecule has 0 spiro atoms. The Hall–Kier alpha value is -3.39. The van der Waals surface area contributed by atoms with Crippen LogP contribution >= 0.6 is 15.9 Å². The fourth-order valence-corrected chi connectivity index (χ4v) is 3.29. The van der Waals surface area contributed by atoms with E-state index in [0.717, 1.165) is 26.5 Å². The monoisotopic (exact) mass is 422 g/mol. The second kappa shape index (κ2) is 7.08. The van der Waals surface area contributed by atoms with Crippen LogP contribution in [0.1, 0.15) is 0 Å². The van der Waals surface area contributed by atoms with Gasteiger partial charge in [-0.25, -0.2) is 9.78 Å². The Kier molecular flexibility index (Phi) is 4.47. The highest BCUT2D eigenvalue weighted by molar-refractivity contribution is 9.10. The number of para-hydroxylation sites is 1. The zero-order valence-electron chi connectivity index (χ0n) is 14.0. The number of rotatable bonds is 3. The van der Waals surface area contributed by atoms with Crippen LogP contribution < -0.4 is 16.4 Å². The first kappa shape index (κ1) is 17.0. The molecule has 0 bridgehead atoms. The number of nitrogens with zero attached hydrogens (tertiary/aromatic N) is 2. The highest BCUT2D eigenvalue weighted by Crippen LogP contribution is 2.32. The molecule has 8 heteroatoms. The van der Waals surface area contributed by atoms with E-state index in [9.17, 15) is 4.79 Å². The van der Waals surface area contributed by atoms with Gasteiger partial charge in [-0.05, 0) is 63.5 Å². The summed E-state index contributed by atoms with van der Waals surface area (Å²) in [5.74, 6) is 0.875. The summed E-state index contributed by atoms with van der Waals surface area (Å²) >= 11 is 3.53. The van der Waals surface area contributed by atoms with Crippen LogP contribution in [0.2, 0.25) is 0 Å². The molecule has 0 saturated carbocycles. The molecule has 0 aliphatic rings. The minimum absolute atomic E-state index is 0.360. The van der Waals surface area contributed by atoms with Crippen molar-refractivity contribution >= 4 is 50.2 Å². The first-order chi connectivity index (χ1) is 13.1. The molecule has 5 N–H and O–H groups in total. The Balaban J connectivity index is 1.59. The number of halogens is 1. The van der Waals surface area contributed by atoms with Gasteiger partial charge in [-0.3, -0.25) is 10.4 Å². The van der Waals surface area contributed by atoms with Crippen molar-refractivity contribution in [2.24, 2.45) is 0 Å². The Morgan fingerprint density at radius 3 is 2.67 bits per heavy atom. The largest absolute Gasteiger partial charge is 0.382 e. The molecule has 7 nitrogen and oxygen atoms in total. The highest BCUT2D eigenvalue weighted by atomic mass is 79.9. The summed E-state index contributed by atoms with van der Waals surface area (Å²) in [7, 11) is 0. The molecule has 4 rings (SSSR count). The molecule has 2 aromatic heterocycles. The Labute approximate surface area is 163 Å². The topological polar surface area (TPSA) is 109 Å². The van der Waals surface area contributed by atoms with E-state index in [0.29, 0.717) is 17.3 Å². The van der Waals surface area contributed by atoms with Crippen molar-refractivity contribution in [3.8, 4) is 11.1 Å². The Morgan fingerprint density at radius 2 is 1.85 bits per heavy atom. The van der Waals surface area contributed by atoms with Gasteiger partial charge in [0, 0.05) is 21.7 Å². The van der Waals surface area contributed by atoms with Gasteiger partial charge >= 0.3 is 6.03 Å². The number of H-pyrrole nitrogens is 1. The summed E-state index contributed by atoms with van der Waals surface area (Å²) in [4.78, 5) is 16.4. The number of anilines is 3. The molecule has 2 heterocycles. The van der Waals surface area contributed by atoms with Crippen molar-refractivity contribution in [2.75, 3.05) is 16.4 Å². The summed E-state index contributed by atoms with van der Waals surface area (Å²) in [6.45, 7) is 0. The van der Waals surface area contributed by atoms with Gasteiger partial charge in [-0.15, -0.1) is 0 Å². The summed E-state index contributed by atoms with van der Waals surface area (Å²) in [5.41, 5.74) is 9.28. The van der Waals surface area contributed by atoms with Crippen LogP contribution in [0.5, 0.6) is 0 Å². The van der Waals surface area contributed by atoms with Gasteiger partial charge in [-0.1, -0.05) is 18.2 Å². The van der Waals surface area contributed by atoms with Crippen LogP contribution in [0.25, 0.3) is 22.0 Å². The molecule has 0 fully saturated rings. The maximum absolute atomic E-state index is 12.2. The van der Waals surface area contributed by atoms with E-state index in [2.05, 4.69) is 41.7 Å². The lowest BCUT2D eigenvalue weighted by atomic mass is 10.0. The number of carbonyl (C=O) groups excluding carboxylic acids is 1. The van der Waals surface area contributed by atoms with Crippen LogP contribution in [0, 0.1) is 0 Å². The molecular formula is C19H15BrN6O. The number of urea groups is 1. The zero-order valence-corrected chi connectivity index (χ0v) is 15.6. The first-order valence-corrected chi connectivity index (χ1v) is 8.92. The maximum Gasteiger partial charge on any atom is 0.324 e. The van der Waals surface area contributed by atoms with Crippen molar-refractivity contribution in [1.82, 2.24) is 15.2 Å². The lowest BCUT2D eigenvalue weighted by molar-refractivity contribution is 0.262. The SMILES string of the molecule is Nc1n[nH]c2c(Br)cc(-c3ccnc(NC(=O)Nc4ccccc4)c3)cc12. The summed E-state index contributed by atoms with van der Waals surface area (Å²) in [6, 6.07) is 16.4. The molecule has 0 radical (unpaired) electrons. The number of fused-ring (bicyclic) bond motifs is 1. The summed E-state index contributed by atoms with van der Waals surface area (Å²) < 4.78 is 0.854. The number of hydrogen-bond acceptors (Lipinski definition) is 4. The first-order valence-electron chi connectivity index (χ1n) is 8.13. The van der Waals surface area contributed by atoms with Crippen LogP contribution in [-0.2, 0) is 0 Å². The minimum atomic E-state index is -0.360. The Bertz CT molecular complexity index is 1130.